The molecule has 18 heavy (non-hydrogen) atoms. The number of nitrogens with one attached hydrogen (secondary N) is 1. The second-order valence-electron chi connectivity index (χ2n) is 5.71. The highest BCUT2D eigenvalue weighted by molar-refractivity contribution is 5.81. The lowest BCUT2D eigenvalue weighted by atomic mass is 10.0. The van der Waals surface area contributed by atoms with Gasteiger partial charge in [-0.1, -0.05) is 0 Å². The van der Waals surface area contributed by atoms with Crippen molar-refractivity contribution in [3.63, 3.8) is 0 Å². The van der Waals surface area contributed by atoms with Crippen molar-refractivity contribution in [1.29, 1.82) is 0 Å². The number of amides is 1. The van der Waals surface area contributed by atoms with E-state index in [-0.39, 0.29) is 11.9 Å². The molecule has 0 bridgehead atoms. The van der Waals surface area contributed by atoms with E-state index in [0.717, 1.165) is 38.9 Å². The van der Waals surface area contributed by atoms with Crippen LogP contribution in [0.3, 0.4) is 0 Å². The number of likely N-dealkylation sites (tertiary alicyclic amines) is 1. The van der Waals surface area contributed by atoms with Gasteiger partial charge in [0.05, 0.1) is 6.04 Å². The minimum absolute atomic E-state index is 0.0484. The molecule has 1 amide bonds. The first-order chi connectivity index (χ1) is 8.52. The number of hydrogen-bond donors (Lipinski definition) is 1. The smallest absolute Gasteiger partial charge is 0.239 e. The van der Waals surface area contributed by atoms with Crippen LogP contribution < -0.4 is 5.32 Å². The number of hydrogen-bond acceptors (Lipinski definition) is 3. The monoisotopic (exact) mass is 255 g/mol. The standard InChI is InChI=1S/C14H29N3O/c1-12-8-5-6-11-17(12)14(18)13(2)15-9-7-10-16(3)4/h12-13,15H,5-11H2,1-4H3. The van der Waals surface area contributed by atoms with E-state index in [2.05, 4.69) is 31.2 Å². The predicted molar refractivity (Wildman–Crippen MR) is 75.7 cm³/mol. The topological polar surface area (TPSA) is 35.6 Å². The zero-order valence-electron chi connectivity index (χ0n) is 12.4. The Morgan fingerprint density at radius 1 is 1.44 bits per heavy atom. The van der Waals surface area contributed by atoms with Crippen LogP contribution in [-0.4, -0.2) is 61.5 Å². The van der Waals surface area contributed by atoms with Crippen molar-refractivity contribution >= 4 is 5.91 Å². The van der Waals surface area contributed by atoms with Crippen molar-refractivity contribution in [2.24, 2.45) is 0 Å². The van der Waals surface area contributed by atoms with Gasteiger partial charge >= 0.3 is 0 Å². The van der Waals surface area contributed by atoms with Gasteiger partial charge in [0.1, 0.15) is 0 Å². The molecule has 1 heterocycles. The van der Waals surface area contributed by atoms with Crippen LogP contribution in [0.4, 0.5) is 0 Å². The molecule has 0 saturated carbocycles. The van der Waals surface area contributed by atoms with Gasteiger partial charge in [-0.2, -0.15) is 0 Å². The highest BCUT2D eigenvalue weighted by Gasteiger charge is 2.26. The Kier molecular flexibility index (Phi) is 6.65. The number of rotatable bonds is 6. The van der Waals surface area contributed by atoms with Crippen LogP contribution in [0.5, 0.6) is 0 Å². The normalized spacial score (nSPS) is 22.3. The molecule has 1 saturated heterocycles. The zero-order chi connectivity index (χ0) is 13.5. The molecular weight excluding hydrogens is 226 g/mol. The van der Waals surface area contributed by atoms with Crippen molar-refractivity contribution in [2.75, 3.05) is 33.7 Å². The minimum atomic E-state index is -0.0484. The SMILES string of the molecule is CC(NCCCN(C)C)C(=O)N1CCCCC1C. The second-order valence-corrected chi connectivity index (χ2v) is 5.71. The Labute approximate surface area is 112 Å². The van der Waals surface area contributed by atoms with Gasteiger partial charge in [0, 0.05) is 12.6 Å². The summed E-state index contributed by atoms with van der Waals surface area (Å²) in [6.45, 7) is 7.06. The van der Waals surface area contributed by atoms with E-state index < -0.39 is 0 Å². The van der Waals surface area contributed by atoms with Crippen molar-refractivity contribution in [3.8, 4) is 0 Å². The Morgan fingerprint density at radius 3 is 2.78 bits per heavy atom. The average Bonchev–Trinajstić information content (AvgIpc) is 2.34. The average molecular weight is 255 g/mol. The molecule has 2 atom stereocenters. The third kappa shape index (κ3) is 4.94. The molecule has 0 aliphatic carbocycles. The van der Waals surface area contributed by atoms with Crippen LogP contribution in [-0.2, 0) is 4.79 Å². The van der Waals surface area contributed by atoms with Gasteiger partial charge in [-0.15, -0.1) is 0 Å². The van der Waals surface area contributed by atoms with Crippen LogP contribution in [0, 0.1) is 0 Å². The van der Waals surface area contributed by atoms with Gasteiger partial charge in [-0.3, -0.25) is 4.79 Å². The van der Waals surface area contributed by atoms with Crippen molar-refractivity contribution in [3.05, 3.63) is 0 Å². The lowest BCUT2D eigenvalue weighted by Gasteiger charge is -2.35. The van der Waals surface area contributed by atoms with Crippen molar-refractivity contribution in [1.82, 2.24) is 15.1 Å². The molecule has 0 spiro atoms. The summed E-state index contributed by atoms with van der Waals surface area (Å²) in [4.78, 5) is 16.5. The van der Waals surface area contributed by atoms with Gasteiger partial charge < -0.3 is 15.1 Å². The molecule has 0 aromatic carbocycles. The van der Waals surface area contributed by atoms with E-state index in [1.807, 2.05) is 11.8 Å². The molecule has 2 unspecified atom stereocenters. The summed E-state index contributed by atoms with van der Waals surface area (Å²) in [5.41, 5.74) is 0. The Balaban J connectivity index is 2.27. The van der Waals surface area contributed by atoms with E-state index >= 15 is 0 Å². The molecule has 1 N–H and O–H groups in total. The molecule has 0 aromatic heterocycles. The molecule has 1 fully saturated rings. The van der Waals surface area contributed by atoms with Crippen LogP contribution >= 0.6 is 0 Å². The van der Waals surface area contributed by atoms with Gasteiger partial charge in [0.2, 0.25) is 5.91 Å². The van der Waals surface area contributed by atoms with Gasteiger partial charge in [-0.05, 0) is 66.7 Å². The summed E-state index contributed by atoms with van der Waals surface area (Å²) in [5, 5.41) is 3.34. The summed E-state index contributed by atoms with van der Waals surface area (Å²) in [5.74, 6) is 0.270. The Bertz CT molecular complexity index is 255. The lowest BCUT2D eigenvalue weighted by molar-refractivity contribution is -0.136. The fraction of sp³-hybridized carbons (Fsp3) is 0.929. The summed E-state index contributed by atoms with van der Waals surface area (Å²) >= 11 is 0. The van der Waals surface area contributed by atoms with Crippen LogP contribution in [0.25, 0.3) is 0 Å². The lowest BCUT2D eigenvalue weighted by Crippen LogP contribution is -2.50. The Hall–Kier alpha value is -0.610. The third-order valence-corrected chi connectivity index (χ3v) is 3.69. The molecule has 4 nitrogen and oxygen atoms in total. The van der Waals surface area contributed by atoms with E-state index in [4.69, 9.17) is 0 Å². The molecule has 1 rings (SSSR count). The maximum Gasteiger partial charge on any atom is 0.239 e. The maximum absolute atomic E-state index is 12.3. The molecule has 0 aromatic rings. The maximum atomic E-state index is 12.3. The van der Waals surface area contributed by atoms with E-state index in [1.54, 1.807) is 0 Å². The molecular formula is C14H29N3O. The van der Waals surface area contributed by atoms with Crippen LogP contribution in [0.2, 0.25) is 0 Å². The largest absolute Gasteiger partial charge is 0.339 e. The zero-order valence-corrected chi connectivity index (χ0v) is 12.4. The van der Waals surface area contributed by atoms with E-state index in [9.17, 15) is 4.79 Å². The fourth-order valence-corrected chi connectivity index (χ4v) is 2.48. The summed E-state index contributed by atoms with van der Waals surface area (Å²) in [7, 11) is 4.15. The van der Waals surface area contributed by atoms with E-state index in [1.165, 1.54) is 6.42 Å². The van der Waals surface area contributed by atoms with Crippen molar-refractivity contribution < 1.29 is 4.79 Å². The summed E-state index contributed by atoms with van der Waals surface area (Å²) in [6.07, 6.45) is 4.65. The molecule has 1 aliphatic rings. The number of piperidine rings is 1. The van der Waals surface area contributed by atoms with Crippen LogP contribution in [0.15, 0.2) is 0 Å². The number of nitrogens with zero attached hydrogens (tertiary/aromatic N) is 2. The third-order valence-electron chi connectivity index (χ3n) is 3.69. The molecule has 4 heteroatoms. The van der Waals surface area contributed by atoms with Gasteiger partial charge in [0.15, 0.2) is 0 Å². The Morgan fingerprint density at radius 2 is 2.17 bits per heavy atom. The number of carbonyl (C=O) groups is 1. The van der Waals surface area contributed by atoms with Gasteiger partial charge in [0.25, 0.3) is 0 Å². The quantitative estimate of drug-likeness (QED) is 0.727. The number of carbonyl (C=O) groups excluding carboxylic acids is 1. The second kappa shape index (κ2) is 7.74. The summed E-state index contributed by atoms with van der Waals surface area (Å²) < 4.78 is 0. The highest BCUT2D eigenvalue weighted by Crippen LogP contribution is 2.17. The first-order valence-electron chi connectivity index (χ1n) is 7.21. The molecule has 1 aliphatic heterocycles. The first kappa shape index (κ1) is 15.4. The van der Waals surface area contributed by atoms with Crippen LogP contribution in [0.1, 0.15) is 39.5 Å². The first-order valence-corrected chi connectivity index (χ1v) is 7.21. The fourth-order valence-electron chi connectivity index (χ4n) is 2.48. The predicted octanol–water partition coefficient (Wildman–Crippen LogP) is 1.32. The summed E-state index contributed by atoms with van der Waals surface area (Å²) in [6, 6.07) is 0.366. The van der Waals surface area contributed by atoms with Crippen molar-refractivity contribution in [2.45, 2.75) is 51.6 Å². The minimum Gasteiger partial charge on any atom is -0.339 e. The van der Waals surface area contributed by atoms with Gasteiger partial charge in [-0.25, -0.2) is 0 Å². The molecule has 0 radical (unpaired) electrons. The molecule has 106 valence electrons. The van der Waals surface area contributed by atoms with E-state index in [0.29, 0.717) is 6.04 Å². The highest BCUT2D eigenvalue weighted by atomic mass is 16.2.